The van der Waals surface area contributed by atoms with Crippen LogP contribution in [0.5, 0.6) is 0 Å². The van der Waals surface area contributed by atoms with Crippen molar-refractivity contribution >= 4 is 5.78 Å². The summed E-state index contributed by atoms with van der Waals surface area (Å²) in [5.41, 5.74) is 2.90. The zero-order chi connectivity index (χ0) is 12.3. The Morgan fingerprint density at radius 2 is 1.94 bits per heavy atom. The first kappa shape index (κ1) is 11.7. The average molecular weight is 227 g/mol. The maximum Gasteiger partial charge on any atom is 0.237 e. The summed E-state index contributed by atoms with van der Waals surface area (Å²) in [6, 6.07) is 8.80. The van der Waals surface area contributed by atoms with Gasteiger partial charge in [0.25, 0.3) is 0 Å². The number of ketones is 1. The van der Waals surface area contributed by atoms with Crippen LogP contribution in [0.4, 0.5) is 0 Å². The van der Waals surface area contributed by atoms with Crippen LogP contribution in [0.15, 0.2) is 18.2 Å². The molecular formula is C15H17NO. The number of likely N-dealkylation sites (tertiary alicyclic amines) is 1. The fraction of sp³-hybridized carbons (Fsp3) is 0.400. The Balaban J connectivity index is 2.13. The third-order valence-electron chi connectivity index (χ3n) is 3.06. The highest BCUT2D eigenvalue weighted by Gasteiger charge is 2.09. The number of Topliss-reactive ketones (excluding diaryl/α,β-unsaturated/α-hetero) is 1. The Morgan fingerprint density at radius 3 is 2.59 bits per heavy atom. The molecular weight excluding hydrogens is 210 g/mol. The summed E-state index contributed by atoms with van der Waals surface area (Å²) >= 11 is 0. The summed E-state index contributed by atoms with van der Waals surface area (Å²) in [6.07, 6.45) is 2.37. The lowest BCUT2D eigenvalue weighted by Crippen LogP contribution is -2.12. The standard InChI is InChI=1S/C15H17NO/c1-12-5-6-14(13(2)11-12)15(17)7-10-16-8-3-4-9-16/h5-6,11H,3-4,8-9H2,1-2H3. The van der Waals surface area contributed by atoms with Crippen LogP contribution in [0.1, 0.15) is 34.3 Å². The van der Waals surface area contributed by atoms with Crippen LogP contribution in [-0.2, 0) is 0 Å². The predicted octanol–water partition coefficient (Wildman–Crippen LogP) is 2.54. The van der Waals surface area contributed by atoms with Gasteiger partial charge >= 0.3 is 0 Å². The Bertz CT molecular complexity index is 487. The number of nitrogens with zero attached hydrogens (tertiary/aromatic N) is 1. The van der Waals surface area contributed by atoms with E-state index in [2.05, 4.69) is 12.0 Å². The quantitative estimate of drug-likeness (QED) is 0.543. The molecule has 1 aromatic carbocycles. The molecule has 0 aromatic heterocycles. The third kappa shape index (κ3) is 2.88. The number of carbonyl (C=O) groups excluding carboxylic acids is 1. The van der Waals surface area contributed by atoms with E-state index in [-0.39, 0.29) is 5.78 Å². The normalized spacial score (nSPS) is 14.4. The van der Waals surface area contributed by atoms with Crippen molar-refractivity contribution < 1.29 is 4.79 Å². The minimum Gasteiger partial charge on any atom is -0.332 e. The van der Waals surface area contributed by atoms with Crippen molar-refractivity contribution in [2.24, 2.45) is 0 Å². The van der Waals surface area contributed by atoms with Crippen LogP contribution in [0.2, 0.25) is 0 Å². The molecule has 1 aliphatic rings. The minimum atomic E-state index is -0.0746. The molecule has 0 amide bonds. The molecule has 88 valence electrons. The zero-order valence-corrected chi connectivity index (χ0v) is 10.4. The summed E-state index contributed by atoms with van der Waals surface area (Å²) in [6.45, 7) is 5.97. The van der Waals surface area contributed by atoms with E-state index in [1.165, 1.54) is 18.4 Å². The second-order valence-corrected chi connectivity index (χ2v) is 4.58. The summed E-state index contributed by atoms with van der Waals surface area (Å²) in [5, 5.41) is 0. The maximum absolute atomic E-state index is 11.9. The highest BCUT2D eigenvalue weighted by molar-refractivity contribution is 6.09. The van der Waals surface area contributed by atoms with Gasteiger partial charge in [-0.05, 0) is 44.2 Å². The summed E-state index contributed by atoms with van der Waals surface area (Å²) in [5.74, 6) is 2.66. The lowest BCUT2D eigenvalue weighted by molar-refractivity contribution is 0.105. The molecule has 1 aromatic rings. The molecule has 0 radical (unpaired) electrons. The van der Waals surface area contributed by atoms with Gasteiger partial charge in [-0.3, -0.25) is 4.79 Å². The molecule has 0 aliphatic carbocycles. The van der Waals surface area contributed by atoms with Gasteiger partial charge in [-0.25, -0.2) is 0 Å². The van der Waals surface area contributed by atoms with Crippen LogP contribution in [0.3, 0.4) is 0 Å². The van der Waals surface area contributed by atoms with Crippen molar-refractivity contribution in [3.8, 4) is 12.0 Å². The lowest BCUT2D eigenvalue weighted by Gasteiger charge is -2.05. The molecule has 0 N–H and O–H groups in total. The van der Waals surface area contributed by atoms with Crippen LogP contribution < -0.4 is 0 Å². The number of hydrogen-bond donors (Lipinski definition) is 0. The molecule has 1 saturated heterocycles. The number of carbonyl (C=O) groups is 1. The van der Waals surface area contributed by atoms with E-state index >= 15 is 0 Å². The Kier molecular flexibility index (Phi) is 3.49. The fourth-order valence-electron chi connectivity index (χ4n) is 2.09. The smallest absolute Gasteiger partial charge is 0.237 e. The second kappa shape index (κ2) is 5.05. The molecule has 1 fully saturated rings. The number of rotatable bonds is 1. The summed E-state index contributed by atoms with van der Waals surface area (Å²) in [7, 11) is 0. The van der Waals surface area contributed by atoms with Gasteiger partial charge < -0.3 is 4.90 Å². The van der Waals surface area contributed by atoms with E-state index in [9.17, 15) is 4.79 Å². The second-order valence-electron chi connectivity index (χ2n) is 4.58. The van der Waals surface area contributed by atoms with Gasteiger partial charge in [0.15, 0.2) is 0 Å². The molecule has 0 bridgehead atoms. The minimum absolute atomic E-state index is 0.0746. The largest absolute Gasteiger partial charge is 0.332 e. The van der Waals surface area contributed by atoms with Crippen molar-refractivity contribution in [3.05, 3.63) is 34.9 Å². The first-order valence-corrected chi connectivity index (χ1v) is 6.05. The van der Waals surface area contributed by atoms with E-state index in [0.29, 0.717) is 0 Å². The number of benzene rings is 1. The van der Waals surface area contributed by atoms with Crippen LogP contribution in [-0.4, -0.2) is 23.8 Å². The van der Waals surface area contributed by atoms with Crippen molar-refractivity contribution in [3.63, 3.8) is 0 Å². The van der Waals surface area contributed by atoms with E-state index < -0.39 is 0 Å². The molecule has 0 atom stereocenters. The van der Waals surface area contributed by atoms with Crippen molar-refractivity contribution in [2.45, 2.75) is 26.7 Å². The van der Waals surface area contributed by atoms with Crippen molar-refractivity contribution in [2.75, 3.05) is 13.1 Å². The maximum atomic E-state index is 11.9. The van der Waals surface area contributed by atoms with Gasteiger partial charge in [-0.1, -0.05) is 17.7 Å². The molecule has 17 heavy (non-hydrogen) atoms. The molecule has 2 nitrogen and oxygen atoms in total. The van der Waals surface area contributed by atoms with Gasteiger partial charge in [-0.2, -0.15) is 0 Å². The van der Waals surface area contributed by atoms with E-state index in [4.69, 9.17) is 0 Å². The molecule has 2 heteroatoms. The number of aryl methyl sites for hydroxylation is 2. The summed E-state index contributed by atoms with van der Waals surface area (Å²) in [4.78, 5) is 14.0. The monoisotopic (exact) mass is 227 g/mol. The molecule has 1 aliphatic heterocycles. The molecule has 0 saturated carbocycles. The summed E-state index contributed by atoms with van der Waals surface area (Å²) < 4.78 is 0. The Labute approximate surface area is 103 Å². The van der Waals surface area contributed by atoms with Gasteiger partial charge in [0.2, 0.25) is 5.78 Å². The SMILES string of the molecule is Cc1ccc(C(=O)C#CN2CCCC2)c(C)c1. The molecule has 1 heterocycles. The predicted molar refractivity (Wildman–Crippen MR) is 68.8 cm³/mol. The van der Waals surface area contributed by atoms with E-state index in [1.807, 2.05) is 36.9 Å². The van der Waals surface area contributed by atoms with E-state index in [1.54, 1.807) is 0 Å². The highest BCUT2D eigenvalue weighted by atomic mass is 16.1. The topological polar surface area (TPSA) is 20.3 Å². The number of hydrogen-bond acceptors (Lipinski definition) is 2. The van der Waals surface area contributed by atoms with Crippen LogP contribution in [0.25, 0.3) is 0 Å². The van der Waals surface area contributed by atoms with Gasteiger partial charge in [-0.15, -0.1) is 0 Å². The first-order valence-electron chi connectivity index (χ1n) is 6.05. The van der Waals surface area contributed by atoms with E-state index in [0.717, 1.165) is 24.2 Å². The fourth-order valence-corrected chi connectivity index (χ4v) is 2.09. The van der Waals surface area contributed by atoms with Crippen molar-refractivity contribution in [1.82, 2.24) is 4.90 Å². The molecule has 0 spiro atoms. The molecule has 2 rings (SSSR count). The first-order chi connectivity index (χ1) is 8.16. The molecule has 0 unspecified atom stereocenters. The van der Waals surface area contributed by atoms with Gasteiger partial charge in [0.05, 0.1) is 0 Å². The highest BCUT2D eigenvalue weighted by Crippen LogP contribution is 2.11. The Morgan fingerprint density at radius 1 is 1.24 bits per heavy atom. The third-order valence-corrected chi connectivity index (χ3v) is 3.06. The Hall–Kier alpha value is -1.75. The van der Waals surface area contributed by atoms with Gasteiger partial charge in [0, 0.05) is 24.7 Å². The van der Waals surface area contributed by atoms with Crippen LogP contribution in [0, 0.1) is 25.8 Å². The average Bonchev–Trinajstić information content (AvgIpc) is 2.78. The van der Waals surface area contributed by atoms with Crippen molar-refractivity contribution in [1.29, 1.82) is 0 Å². The van der Waals surface area contributed by atoms with Crippen LogP contribution >= 0.6 is 0 Å². The zero-order valence-electron chi connectivity index (χ0n) is 10.4. The lowest BCUT2D eigenvalue weighted by atomic mass is 10.0. The van der Waals surface area contributed by atoms with Gasteiger partial charge in [0.1, 0.15) is 0 Å².